The fourth-order valence-electron chi connectivity index (χ4n) is 2.51. The molecule has 6 heteroatoms. The largest absolute Gasteiger partial charge is 0.392 e. The van der Waals surface area contributed by atoms with Crippen LogP contribution in [0.2, 0.25) is 0 Å². The summed E-state index contributed by atoms with van der Waals surface area (Å²) in [5.41, 5.74) is 1.17. The summed E-state index contributed by atoms with van der Waals surface area (Å²) in [5, 5.41) is 9.82. The third-order valence-corrected chi connectivity index (χ3v) is 5.02. The van der Waals surface area contributed by atoms with E-state index in [0.717, 1.165) is 6.54 Å². The van der Waals surface area contributed by atoms with Gasteiger partial charge in [-0.05, 0) is 18.9 Å². The molecule has 1 aliphatic heterocycles. The number of β-amino-alcohol motifs (C(OH)–C–C–N with tert-alkyl or cyclic N) is 1. The van der Waals surface area contributed by atoms with E-state index in [9.17, 15) is 13.5 Å². The van der Waals surface area contributed by atoms with Gasteiger partial charge in [-0.15, -0.1) is 0 Å². The Kier molecular flexibility index (Phi) is 5.15. The normalized spacial score (nSPS) is 24.1. The minimum atomic E-state index is -3.18. The monoisotopic (exact) mass is 298 g/mol. The SMILES string of the molecule is CCS(=O)(=O)NCC1CC(O)CN1Cc1ccccc1. The smallest absolute Gasteiger partial charge is 0.211 e. The lowest BCUT2D eigenvalue weighted by atomic mass is 10.2. The molecule has 0 aromatic heterocycles. The van der Waals surface area contributed by atoms with Gasteiger partial charge in [0.15, 0.2) is 0 Å². The van der Waals surface area contributed by atoms with Gasteiger partial charge in [0, 0.05) is 25.7 Å². The van der Waals surface area contributed by atoms with Crippen LogP contribution < -0.4 is 4.72 Å². The van der Waals surface area contributed by atoms with Crippen LogP contribution in [0.15, 0.2) is 30.3 Å². The van der Waals surface area contributed by atoms with Gasteiger partial charge in [0.2, 0.25) is 10.0 Å². The van der Waals surface area contributed by atoms with Crippen molar-refractivity contribution in [3.63, 3.8) is 0 Å². The molecule has 1 fully saturated rings. The van der Waals surface area contributed by atoms with Crippen molar-refractivity contribution in [2.75, 3.05) is 18.8 Å². The van der Waals surface area contributed by atoms with Gasteiger partial charge in [0.25, 0.3) is 0 Å². The molecule has 2 atom stereocenters. The summed E-state index contributed by atoms with van der Waals surface area (Å²) in [6.45, 7) is 3.30. The van der Waals surface area contributed by atoms with Gasteiger partial charge >= 0.3 is 0 Å². The highest BCUT2D eigenvalue weighted by molar-refractivity contribution is 7.89. The Morgan fingerprint density at radius 1 is 1.35 bits per heavy atom. The highest BCUT2D eigenvalue weighted by Gasteiger charge is 2.31. The molecule has 1 saturated heterocycles. The predicted octanol–water partition coefficient (Wildman–Crippen LogP) is 0.561. The third kappa shape index (κ3) is 4.28. The van der Waals surface area contributed by atoms with Gasteiger partial charge in [-0.2, -0.15) is 0 Å². The number of aliphatic hydroxyl groups excluding tert-OH is 1. The van der Waals surface area contributed by atoms with E-state index in [1.807, 2.05) is 30.3 Å². The molecule has 0 radical (unpaired) electrons. The molecule has 112 valence electrons. The Morgan fingerprint density at radius 2 is 2.05 bits per heavy atom. The molecule has 2 rings (SSSR count). The highest BCUT2D eigenvalue weighted by Crippen LogP contribution is 2.20. The van der Waals surface area contributed by atoms with Crippen molar-refractivity contribution in [1.29, 1.82) is 0 Å². The average molecular weight is 298 g/mol. The first-order valence-electron chi connectivity index (χ1n) is 6.93. The van der Waals surface area contributed by atoms with Gasteiger partial charge in [-0.3, -0.25) is 4.90 Å². The van der Waals surface area contributed by atoms with Crippen LogP contribution in [0.5, 0.6) is 0 Å². The molecule has 20 heavy (non-hydrogen) atoms. The van der Waals surface area contributed by atoms with E-state index in [1.165, 1.54) is 5.56 Å². The van der Waals surface area contributed by atoms with E-state index >= 15 is 0 Å². The Hall–Kier alpha value is -0.950. The molecule has 5 nitrogen and oxygen atoms in total. The molecule has 1 aromatic rings. The van der Waals surface area contributed by atoms with Crippen molar-refractivity contribution in [3.05, 3.63) is 35.9 Å². The van der Waals surface area contributed by atoms with Crippen LogP contribution >= 0.6 is 0 Å². The van der Waals surface area contributed by atoms with Crippen LogP contribution in [0.25, 0.3) is 0 Å². The zero-order chi connectivity index (χ0) is 14.6. The number of nitrogens with one attached hydrogen (secondary N) is 1. The first-order chi connectivity index (χ1) is 9.50. The second-order valence-corrected chi connectivity index (χ2v) is 7.31. The summed E-state index contributed by atoms with van der Waals surface area (Å²) in [7, 11) is -3.18. The molecule has 2 unspecified atom stereocenters. The van der Waals surface area contributed by atoms with E-state index in [0.29, 0.717) is 19.5 Å². The van der Waals surface area contributed by atoms with E-state index in [4.69, 9.17) is 0 Å². The average Bonchev–Trinajstić information content (AvgIpc) is 2.78. The van der Waals surface area contributed by atoms with Crippen LogP contribution in [0.1, 0.15) is 18.9 Å². The van der Waals surface area contributed by atoms with Crippen molar-refractivity contribution in [2.24, 2.45) is 0 Å². The Bertz CT molecular complexity index is 518. The summed E-state index contributed by atoms with van der Waals surface area (Å²) < 4.78 is 25.6. The van der Waals surface area contributed by atoms with E-state index in [1.54, 1.807) is 6.92 Å². The zero-order valence-corrected chi connectivity index (χ0v) is 12.5. The molecular formula is C14H22N2O3S. The maximum atomic E-state index is 11.5. The van der Waals surface area contributed by atoms with Crippen molar-refractivity contribution in [3.8, 4) is 0 Å². The number of aliphatic hydroxyl groups is 1. The number of nitrogens with zero attached hydrogens (tertiary/aromatic N) is 1. The maximum Gasteiger partial charge on any atom is 0.211 e. The van der Waals surface area contributed by atoms with E-state index in [-0.39, 0.29) is 17.9 Å². The fourth-order valence-corrected chi connectivity index (χ4v) is 3.16. The van der Waals surface area contributed by atoms with Crippen LogP contribution in [-0.4, -0.2) is 49.4 Å². The van der Waals surface area contributed by atoms with E-state index < -0.39 is 10.0 Å². The summed E-state index contributed by atoms with van der Waals surface area (Å²) in [4.78, 5) is 2.14. The lowest BCUT2D eigenvalue weighted by Gasteiger charge is -2.24. The molecule has 1 aromatic carbocycles. The summed E-state index contributed by atoms with van der Waals surface area (Å²) >= 11 is 0. The molecule has 1 heterocycles. The molecule has 0 saturated carbocycles. The first-order valence-corrected chi connectivity index (χ1v) is 8.59. The van der Waals surface area contributed by atoms with Crippen LogP contribution in [0, 0.1) is 0 Å². The molecule has 0 aliphatic carbocycles. The maximum absolute atomic E-state index is 11.5. The highest BCUT2D eigenvalue weighted by atomic mass is 32.2. The van der Waals surface area contributed by atoms with Gasteiger partial charge in [0.05, 0.1) is 11.9 Å². The summed E-state index contributed by atoms with van der Waals surface area (Å²) in [6, 6.07) is 10.1. The zero-order valence-electron chi connectivity index (χ0n) is 11.7. The Balaban J connectivity index is 1.96. The number of benzene rings is 1. The standard InChI is InChI=1S/C14H22N2O3S/c1-2-20(18,19)15-9-13-8-14(17)11-16(13)10-12-6-4-3-5-7-12/h3-7,13-15,17H,2,8-11H2,1H3. The molecule has 2 N–H and O–H groups in total. The summed E-state index contributed by atoms with van der Waals surface area (Å²) in [6.07, 6.45) is 0.230. The minimum absolute atomic E-state index is 0.0477. The molecule has 0 spiro atoms. The van der Waals surface area contributed by atoms with Gasteiger partial charge in [-0.25, -0.2) is 13.1 Å². The van der Waals surface area contributed by atoms with Gasteiger partial charge < -0.3 is 5.11 Å². The molecular weight excluding hydrogens is 276 g/mol. The lowest BCUT2D eigenvalue weighted by Crippen LogP contribution is -2.40. The van der Waals surface area contributed by atoms with E-state index in [2.05, 4.69) is 9.62 Å². The second-order valence-electron chi connectivity index (χ2n) is 5.21. The molecule has 0 amide bonds. The molecule has 0 bridgehead atoms. The fraction of sp³-hybridized carbons (Fsp3) is 0.571. The van der Waals surface area contributed by atoms with Crippen molar-refractivity contribution in [2.45, 2.75) is 32.0 Å². The number of sulfonamides is 1. The first kappa shape index (κ1) is 15.4. The lowest BCUT2D eigenvalue weighted by molar-refractivity contribution is 0.172. The van der Waals surface area contributed by atoms with Gasteiger partial charge in [0.1, 0.15) is 0 Å². The van der Waals surface area contributed by atoms with Gasteiger partial charge in [-0.1, -0.05) is 30.3 Å². The summed E-state index contributed by atoms with van der Waals surface area (Å²) in [5.74, 6) is 0.0843. The number of hydrogen-bond acceptors (Lipinski definition) is 4. The van der Waals surface area contributed by atoms with Crippen molar-refractivity contribution >= 4 is 10.0 Å². The Morgan fingerprint density at radius 3 is 2.70 bits per heavy atom. The topological polar surface area (TPSA) is 69.6 Å². The quantitative estimate of drug-likeness (QED) is 0.805. The minimum Gasteiger partial charge on any atom is -0.392 e. The predicted molar refractivity (Wildman–Crippen MR) is 78.7 cm³/mol. The van der Waals surface area contributed by atoms with Crippen LogP contribution in [0.4, 0.5) is 0 Å². The van der Waals surface area contributed by atoms with Crippen molar-refractivity contribution in [1.82, 2.24) is 9.62 Å². The number of rotatable bonds is 6. The number of likely N-dealkylation sites (tertiary alicyclic amines) is 1. The Labute approximate surface area is 120 Å². The second kappa shape index (κ2) is 6.67. The van der Waals surface area contributed by atoms with Crippen LogP contribution in [0.3, 0.4) is 0 Å². The number of hydrogen-bond donors (Lipinski definition) is 2. The third-order valence-electron chi connectivity index (χ3n) is 3.65. The molecule has 1 aliphatic rings. The van der Waals surface area contributed by atoms with Crippen LogP contribution in [-0.2, 0) is 16.6 Å². The van der Waals surface area contributed by atoms with Crippen molar-refractivity contribution < 1.29 is 13.5 Å².